The summed E-state index contributed by atoms with van der Waals surface area (Å²) in [7, 11) is 1.88. The highest BCUT2D eigenvalue weighted by atomic mass is 35.5. The van der Waals surface area contributed by atoms with Crippen LogP contribution in [0, 0.1) is 0 Å². The minimum Gasteiger partial charge on any atom is -0.494 e. The van der Waals surface area contributed by atoms with Gasteiger partial charge in [-0.15, -0.1) is 0 Å². The van der Waals surface area contributed by atoms with Crippen molar-refractivity contribution in [3.05, 3.63) is 81.7 Å². The zero-order valence-electron chi connectivity index (χ0n) is 14.7. The van der Waals surface area contributed by atoms with E-state index < -0.39 is 0 Å². The van der Waals surface area contributed by atoms with E-state index in [-0.39, 0.29) is 10.6 Å². The third-order valence-corrected chi connectivity index (χ3v) is 4.32. The van der Waals surface area contributed by atoms with Crippen LogP contribution in [-0.4, -0.2) is 23.4 Å². The number of anilines is 1. The monoisotopic (exact) mass is 369 g/mol. The first-order valence-electron chi connectivity index (χ1n) is 8.36. The molecule has 0 atom stereocenters. The van der Waals surface area contributed by atoms with Gasteiger partial charge in [0, 0.05) is 13.6 Å². The molecular formula is C20H20ClN3O2. The third-order valence-electron chi connectivity index (χ3n) is 3.97. The van der Waals surface area contributed by atoms with Gasteiger partial charge in [0.1, 0.15) is 10.8 Å². The Labute approximate surface area is 157 Å². The van der Waals surface area contributed by atoms with Gasteiger partial charge in [-0.25, -0.2) is 0 Å². The molecule has 6 heteroatoms. The zero-order chi connectivity index (χ0) is 18.5. The Morgan fingerprint density at radius 3 is 2.46 bits per heavy atom. The molecule has 2 aromatic carbocycles. The number of aromatic nitrogens is 2. The Morgan fingerprint density at radius 1 is 1.12 bits per heavy atom. The van der Waals surface area contributed by atoms with Crippen LogP contribution in [0.3, 0.4) is 0 Å². The first kappa shape index (κ1) is 18.0. The Morgan fingerprint density at radius 2 is 1.81 bits per heavy atom. The van der Waals surface area contributed by atoms with Gasteiger partial charge in [0.25, 0.3) is 5.56 Å². The van der Waals surface area contributed by atoms with Crippen molar-refractivity contribution >= 4 is 17.3 Å². The highest BCUT2D eigenvalue weighted by molar-refractivity contribution is 6.33. The molecule has 0 spiro atoms. The van der Waals surface area contributed by atoms with Crippen molar-refractivity contribution in [1.29, 1.82) is 0 Å². The molecule has 0 amide bonds. The highest BCUT2D eigenvalue weighted by Crippen LogP contribution is 2.23. The molecule has 0 aliphatic heterocycles. The number of benzene rings is 2. The molecule has 3 rings (SSSR count). The van der Waals surface area contributed by atoms with Gasteiger partial charge in [0.2, 0.25) is 0 Å². The van der Waals surface area contributed by atoms with E-state index in [0.29, 0.717) is 24.5 Å². The van der Waals surface area contributed by atoms with Crippen molar-refractivity contribution in [2.75, 3.05) is 18.6 Å². The lowest BCUT2D eigenvalue weighted by molar-refractivity contribution is 0.340. The summed E-state index contributed by atoms with van der Waals surface area (Å²) in [6.45, 7) is 3.19. The summed E-state index contributed by atoms with van der Waals surface area (Å²) in [6.07, 6.45) is 1.62. The van der Waals surface area contributed by atoms with Gasteiger partial charge in [-0.3, -0.25) is 4.79 Å². The molecular weight excluding hydrogens is 350 g/mol. The summed E-state index contributed by atoms with van der Waals surface area (Å²) in [6, 6.07) is 17.1. The van der Waals surface area contributed by atoms with E-state index in [9.17, 15) is 4.79 Å². The fraction of sp³-hybridized carbons (Fsp3) is 0.200. The lowest BCUT2D eigenvalue weighted by atomic mass is 10.2. The van der Waals surface area contributed by atoms with Crippen molar-refractivity contribution in [2.24, 2.45) is 0 Å². The molecule has 0 N–H and O–H groups in total. The van der Waals surface area contributed by atoms with E-state index in [4.69, 9.17) is 16.3 Å². The van der Waals surface area contributed by atoms with E-state index in [2.05, 4.69) is 5.10 Å². The highest BCUT2D eigenvalue weighted by Gasteiger charge is 2.14. The second-order valence-electron chi connectivity index (χ2n) is 5.83. The average Bonchev–Trinajstić information content (AvgIpc) is 2.66. The van der Waals surface area contributed by atoms with E-state index in [0.717, 1.165) is 11.3 Å². The predicted octanol–water partition coefficient (Wildman–Crippen LogP) is 3.92. The molecule has 0 aliphatic rings. The van der Waals surface area contributed by atoms with Gasteiger partial charge < -0.3 is 9.64 Å². The average molecular weight is 370 g/mol. The molecule has 0 unspecified atom stereocenters. The molecule has 0 saturated carbocycles. The lowest BCUT2D eigenvalue weighted by Gasteiger charge is -2.20. The first-order valence-corrected chi connectivity index (χ1v) is 8.74. The second-order valence-corrected chi connectivity index (χ2v) is 6.21. The Balaban J connectivity index is 1.82. The number of hydrogen-bond acceptors (Lipinski definition) is 4. The summed E-state index contributed by atoms with van der Waals surface area (Å²) in [4.78, 5) is 14.5. The van der Waals surface area contributed by atoms with Gasteiger partial charge in [0.05, 0.1) is 24.2 Å². The number of halogens is 1. The summed E-state index contributed by atoms with van der Waals surface area (Å²) >= 11 is 6.34. The maximum atomic E-state index is 12.6. The van der Waals surface area contributed by atoms with Crippen LogP contribution in [0.25, 0.3) is 5.69 Å². The van der Waals surface area contributed by atoms with Gasteiger partial charge in [-0.2, -0.15) is 9.78 Å². The number of nitrogens with zero attached hydrogens (tertiary/aromatic N) is 3. The molecule has 1 aromatic heterocycles. The van der Waals surface area contributed by atoms with Crippen LogP contribution in [0.15, 0.2) is 65.6 Å². The van der Waals surface area contributed by atoms with Gasteiger partial charge in [-0.05, 0) is 36.8 Å². The molecule has 1 heterocycles. The quantitative estimate of drug-likeness (QED) is 0.660. The molecule has 0 fully saturated rings. The van der Waals surface area contributed by atoms with Crippen LogP contribution in [0.1, 0.15) is 12.5 Å². The number of rotatable bonds is 6. The number of hydrogen-bond donors (Lipinski definition) is 0. The minimum atomic E-state index is -0.339. The van der Waals surface area contributed by atoms with Crippen LogP contribution in [0.2, 0.25) is 5.02 Å². The standard InChI is InChI=1S/C20H20ClN3O2/c1-3-26-17-11-9-15(10-12-17)14-23(2)18-13-22-24(20(25)19(18)21)16-7-5-4-6-8-16/h4-13H,3,14H2,1-2H3. The molecule has 0 aliphatic carbocycles. The van der Waals surface area contributed by atoms with Crippen molar-refractivity contribution in [3.8, 4) is 11.4 Å². The van der Waals surface area contributed by atoms with Crippen molar-refractivity contribution in [3.63, 3.8) is 0 Å². The topological polar surface area (TPSA) is 47.4 Å². The maximum absolute atomic E-state index is 12.6. The Kier molecular flexibility index (Phi) is 5.58. The van der Waals surface area contributed by atoms with Gasteiger partial charge in [0.15, 0.2) is 0 Å². The van der Waals surface area contributed by atoms with E-state index in [1.54, 1.807) is 6.20 Å². The third kappa shape index (κ3) is 3.89. The van der Waals surface area contributed by atoms with Crippen molar-refractivity contribution in [2.45, 2.75) is 13.5 Å². The van der Waals surface area contributed by atoms with E-state index in [1.807, 2.05) is 73.5 Å². The molecule has 0 saturated heterocycles. The largest absolute Gasteiger partial charge is 0.494 e. The molecule has 134 valence electrons. The normalized spacial score (nSPS) is 10.6. The molecule has 26 heavy (non-hydrogen) atoms. The van der Waals surface area contributed by atoms with E-state index >= 15 is 0 Å². The second kappa shape index (κ2) is 8.06. The summed E-state index contributed by atoms with van der Waals surface area (Å²) < 4.78 is 6.75. The van der Waals surface area contributed by atoms with Gasteiger partial charge in [-0.1, -0.05) is 41.9 Å². The van der Waals surface area contributed by atoms with E-state index in [1.165, 1.54) is 4.68 Å². The first-order chi connectivity index (χ1) is 12.6. The molecule has 0 radical (unpaired) electrons. The van der Waals surface area contributed by atoms with Crippen molar-refractivity contribution < 1.29 is 4.74 Å². The Bertz CT molecular complexity index is 924. The maximum Gasteiger partial charge on any atom is 0.292 e. The number of ether oxygens (including phenoxy) is 1. The summed E-state index contributed by atoms with van der Waals surface area (Å²) in [5.41, 5.74) is 2.02. The SMILES string of the molecule is CCOc1ccc(CN(C)c2cnn(-c3ccccc3)c(=O)c2Cl)cc1. The minimum absolute atomic E-state index is 0.150. The van der Waals surface area contributed by atoms with Crippen LogP contribution >= 0.6 is 11.6 Å². The number of para-hydroxylation sites is 1. The van der Waals surface area contributed by atoms with Crippen molar-refractivity contribution in [1.82, 2.24) is 9.78 Å². The van der Waals surface area contributed by atoms with Crippen LogP contribution in [0.5, 0.6) is 5.75 Å². The predicted molar refractivity (Wildman–Crippen MR) is 105 cm³/mol. The summed E-state index contributed by atoms with van der Waals surface area (Å²) in [5, 5.41) is 4.42. The fourth-order valence-corrected chi connectivity index (χ4v) is 2.93. The van der Waals surface area contributed by atoms with Crippen LogP contribution in [0.4, 0.5) is 5.69 Å². The molecule has 3 aromatic rings. The van der Waals surface area contributed by atoms with Gasteiger partial charge >= 0.3 is 0 Å². The molecule has 0 bridgehead atoms. The molecule has 5 nitrogen and oxygen atoms in total. The summed E-state index contributed by atoms with van der Waals surface area (Å²) in [5.74, 6) is 0.837. The lowest BCUT2D eigenvalue weighted by Crippen LogP contribution is -2.26. The smallest absolute Gasteiger partial charge is 0.292 e. The zero-order valence-corrected chi connectivity index (χ0v) is 15.5. The fourth-order valence-electron chi connectivity index (χ4n) is 2.66. The Hall–Kier alpha value is -2.79. The van der Waals surface area contributed by atoms with Crippen LogP contribution < -0.4 is 15.2 Å². The van der Waals surface area contributed by atoms with Crippen LogP contribution in [-0.2, 0) is 6.54 Å².